The Kier molecular flexibility index (Phi) is 4.33. The van der Waals surface area contributed by atoms with Gasteiger partial charge in [0.05, 0.1) is 31.3 Å². The van der Waals surface area contributed by atoms with Gasteiger partial charge >= 0.3 is 0 Å². The molecule has 0 fully saturated rings. The number of halogens is 6. The van der Waals surface area contributed by atoms with E-state index >= 15 is 0 Å². The number of nitrogens with zero attached hydrogens (tertiary/aromatic N) is 1. The minimum atomic E-state index is -0.599. The summed E-state index contributed by atoms with van der Waals surface area (Å²) in [7, 11) is 0. The van der Waals surface area contributed by atoms with E-state index in [1.807, 2.05) is 0 Å². The molecule has 0 atom stereocenters. The SMILES string of the molecule is Nc1ncc(F)cc1-c1c(Cl)c(Cl)c(Cl)c(Cl)c1Cl. The van der Waals surface area contributed by atoms with Crippen LogP contribution in [0.2, 0.25) is 25.1 Å². The van der Waals surface area contributed by atoms with Crippen molar-refractivity contribution in [3.8, 4) is 11.1 Å². The Morgan fingerprint density at radius 2 is 1.37 bits per heavy atom. The molecule has 0 bridgehead atoms. The number of aromatic nitrogens is 1. The molecular weight excluding hydrogens is 356 g/mol. The standard InChI is InChI=1S/C11H4Cl5FN2/c12-6-5(4-1-3(17)2-19-11(4)18)7(13)9(15)10(16)8(6)14/h1-2H,(H2,18,19). The van der Waals surface area contributed by atoms with E-state index in [4.69, 9.17) is 63.7 Å². The molecule has 0 aliphatic heterocycles. The highest BCUT2D eigenvalue weighted by molar-refractivity contribution is 6.56. The number of nitrogens with two attached hydrogens (primary N) is 1. The van der Waals surface area contributed by atoms with Crippen LogP contribution in [0.3, 0.4) is 0 Å². The van der Waals surface area contributed by atoms with Gasteiger partial charge in [-0.25, -0.2) is 9.37 Å². The smallest absolute Gasteiger partial charge is 0.142 e. The van der Waals surface area contributed by atoms with E-state index in [1.54, 1.807) is 0 Å². The normalized spacial score (nSPS) is 10.8. The lowest BCUT2D eigenvalue weighted by Crippen LogP contribution is -1.97. The number of hydrogen-bond acceptors (Lipinski definition) is 2. The lowest BCUT2D eigenvalue weighted by molar-refractivity contribution is 0.622. The molecule has 0 radical (unpaired) electrons. The van der Waals surface area contributed by atoms with Crippen LogP contribution >= 0.6 is 58.0 Å². The zero-order valence-electron chi connectivity index (χ0n) is 8.95. The van der Waals surface area contributed by atoms with Crippen LogP contribution in [0.5, 0.6) is 0 Å². The second-order valence-electron chi connectivity index (χ2n) is 3.53. The van der Waals surface area contributed by atoms with Gasteiger partial charge in [-0.1, -0.05) is 58.0 Å². The summed E-state index contributed by atoms with van der Waals surface area (Å²) in [6.45, 7) is 0. The summed E-state index contributed by atoms with van der Waals surface area (Å²) in [5.41, 5.74) is 6.06. The molecule has 19 heavy (non-hydrogen) atoms. The average molecular weight is 360 g/mol. The predicted molar refractivity (Wildman–Crippen MR) is 79.1 cm³/mol. The van der Waals surface area contributed by atoms with Gasteiger partial charge in [-0.2, -0.15) is 0 Å². The Labute approximate surface area is 133 Å². The van der Waals surface area contributed by atoms with Gasteiger partial charge in [0.25, 0.3) is 0 Å². The lowest BCUT2D eigenvalue weighted by Gasteiger charge is -2.13. The molecule has 0 unspecified atom stereocenters. The van der Waals surface area contributed by atoms with Crippen molar-refractivity contribution in [2.24, 2.45) is 0 Å². The van der Waals surface area contributed by atoms with E-state index in [0.717, 1.165) is 12.3 Å². The summed E-state index contributed by atoms with van der Waals surface area (Å²) in [6.07, 6.45) is 0.972. The van der Waals surface area contributed by atoms with Crippen LogP contribution in [0.4, 0.5) is 10.2 Å². The summed E-state index contributed by atoms with van der Waals surface area (Å²) in [5, 5.41) is 0.0955. The minimum Gasteiger partial charge on any atom is -0.383 e. The topological polar surface area (TPSA) is 38.9 Å². The van der Waals surface area contributed by atoms with E-state index in [2.05, 4.69) is 4.98 Å². The highest BCUT2D eigenvalue weighted by Gasteiger charge is 2.22. The third-order valence-corrected chi connectivity index (χ3v) is 4.64. The molecule has 2 aromatic rings. The van der Waals surface area contributed by atoms with Crippen LogP contribution in [-0.2, 0) is 0 Å². The third kappa shape index (κ3) is 2.58. The second kappa shape index (κ2) is 5.51. The molecule has 8 heteroatoms. The van der Waals surface area contributed by atoms with Crippen molar-refractivity contribution in [2.45, 2.75) is 0 Å². The first-order valence-electron chi connectivity index (χ1n) is 4.77. The number of nitrogen functional groups attached to an aromatic ring is 1. The fourth-order valence-corrected chi connectivity index (χ4v) is 2.83. The Hall–Kier alpha value is -0.450. The quantitative estimate of drug-likeness (QED) is 0.520. The Balaban J connectivity index is 2.87. The number of rotatable bonds is 1. The first-order chi connectivity index (χ1) is 8.84. The summed E-state index contributed by atoms with van der Waals surface area (Å²) in [5.74, 6) is -0.557. The van der Waals surface area contributed by atoms with Gasteiger partial charge in [-0.05, 0) is 6.07 Å². The molecule has 2 nitrogen and oxygen atoms in total. The van der Waals surface area contributed by atoms with E-state index < -0.39 is 5.82 Å². The van der Waals surface area contributed by atoms with Gasteiger partial charge in [0, 0.05) is 11.1 Å². The first kappa shape index (κ1) is 14.9. The molecular formula is C11H4Cl5FN2. The Morgan fingerprint density at radius 3 is 1.89 bits per heavy atom. The molecule has 0 saturated carbocycles. The zero-order valence-corrected chi connectivity index (χ0v) is 12.7. The van der Waals surface area contributed by atoms with E-state index in [9.17, 15) is 4.39 Å². The molecule has 1 heterocycles. The fourth-order valence-electron chi connectivity index (χ4n) is 1.49. The minimum absolute atomic E-state index is 0.0106. The second-order valence-corrected chi connectivity index (χ2v) is 5.42. The van der Waals surface area contributed by atoms with Gasteiger partial charge in [0.2, 0.25) is 0 Å². The summed E-state index contributed by atoms with van der Waals surface area (Å²) >= 11 is 29.9. The molecule has 0 aliphatic rings. The Bertz CT molecular complexity index is 646. The van der Waals surface area contributed by atoms with Crippen LogP contribution in [0.25, 0.3) is 11.1 Å². The summed E-state index contributed by atoms with van der Waals surface area (Å²) in [6, 6.07) is 1.13. The van der Waals surface area contributed by atoms with Crippen LogP contribution in [0.15, 0.2) is 12.3 Å². The monoisotopic (exact) mass is 358 g/mol. The number of hydrogen-bond donors (Lipinski definition) is 1. The molecule has 0 aliphatic carbocycles. The maximum Gasteiger partial charge on any atom is 0.142 e. The van der Waals surface area contributed by atoms with Crippen LogP contribution in [-0.4, -0.2) is 4.98 Å². The highest BCUT2D eigenvalue weighted by atomic mass is 35.5. The fraction of sp³-hybridized carbons (Fsp3) is 0. The van der Waals surface area contributed by atoms with Gasteiger partial charge < -0.3 is 5.73 Å². The molecule has 1 aromatic heterocycles. The van der Waals surface area contributed by atoms with Gasteiger partial charge in [0.15, 0.2) is 0 Å². The van der Waals surface area contributed by atoms with Gasteiger partial charge in [-0.15, -0.1) is 0 Å². The van der Waals surface area contributed by atoms with Crippen LogP contribution in [0, 0.1) is 5.82 Å². The highest BCUT2D eigenvalue weighted by Crippen LogP contribution is 2.49. The maximum atomic E-state index is 13.3. The van der Waals surface area contributed by atoms with Crippen molar-refractivity contribution in [1.82, 2.24) is 4.98 Å². The molecule has 0 spiro atoms. The van der Waals surface area contributed by atoms with Crippen molar-refractivity contribution < 1.29 is 4.39 Å². The van der Waals surface area contributed by atoms with E-state index in [1.165, 1.54) is 0 Å². The van der Waals surface area contributed by atoms with Crippen molar-refractivity contribution in [2.75, 3.05) is 5.73 Å². The predicted octanol–water partition coefficient (Wildman–Crippen LogP) is 5.74. The largest absolute Gasteiger partial charge is 0.383 e. The zero-order chi connectivity index (χ0) is 14.3. The van der Waals surface area contributed by atoms with Crippen molar-refractivity contribution in [1.29, 1.82) is 0 Å². The molecule has 2 rings (SSSR count). The van der Waals surface area contributed by atoms with Crippen molar-refractivity contribution >= 4 is 63.8 Å². The molecule has 0 amide bonds. The maximum absolute atomic E-state index is 13.3. The number of anilines is 1. The van der Waals surface area contributed by atoms with E-state index in [0.29, 0.717) is 0 Å². The molecule has 100 valence electrons. The van der Waals surface area contributed by atoms with Crippen molar-refractivity contribution in [3.05, 3.63) is 43.2 Å². The van der Waals surface area contributed by atoms with Gasteiger partial charge in [-0.3, -0.25) is 0 Å². The number of pyridine rings is 1. The third-order valence-electron chi connectivity index (χ3n) is 2.36. The lowest BCUT2D eigenvalue weighted by atomic mass is 10.1. The Morgan fingerprint density at radius 1 is 0.895 bits per heavy atom. The van der Waals surface area contributed by atoms with Crippen molar-refractivity contribution in [3.63, 3.8) is 0 Å². The van der Waals surface area contributed by atoms with Gasteiger partial charge in [0.1, 0.15) is 11.6 Å². The summed E-state index contributed by atoms with van der Waals surface area (Å²) < 4.78 is 13.3. The first-order valence-corrected chi connectivity index (χ1v) is 6.66. The van der Waals surface area contributed by atoms with Crippen LogP contribution < -0.4 is 5.73 Å². The molecule has 2 N–H and O–H groups in total. The molecule has 1 aromatic carbocycles. The number of benzene rings is 1. The molecule has 0 saturated heterocycles. The van der Waals surface area contributed by atoms with E-state index in [-0.39, 0.29) is 42.1 Å². The summed E-state index contributed by atoms with van der Waals surface area (Å²) in [4.78, 5) is 3.69. The van der Waals surface area contributed by atoms with Crippen LogP contribution in [0.1, 0.15) is 0 Å². The average Bonchev–Trinajstić information content (AvgIpc) is 2.38.